The molecule has 0 spiro atoms. The molecule has 0 saturated heterocycles. The van der Waals surface area contributed by atoms with Gasteiger partial charge in [0.15, 0.2) is 0 Å². The number of aromatic nitrogens is 2. The highest BCUT2D eigenvalue weighted by Gasteiger charge is 2.13. The molecule has 0 aliphatic carbocycles. The van der Waals surface area contributed by atoms with Crippen LogP contribution in [0.5, 0.6) is 17.4 Å². The Hall–Kier alpha value is -2.99. The monoisotopic (exact) mass is 324 g/mol. The van der Waals surface area contributed by atoms with Gasteiger partial charge in [-0.1, -0.05) is 6.07 Å². The molecule has 0 unspecified atom stereocenters. The molecule has 0 atom stereocenters. The van der Waals surface area contributed by atoms with E-state index < -0.39 is 0 Å². The summed E-state index contributed by atoms with van der Waals surface area (Å²) in [6.45, 7) is 2.90. The predicted molar refractivity (Wildman–Crippen MR) is 87.8 cm³/mol. The van der Waals surface area contributed by atoms with Crippen molar-refractivity contribution in [1.29, 1.82) is 0 Å². The third-order valence-corrected chi connectivity index (χ3v) is 4.07. The third-order valence-electron chi connectivity index (χ3n) is 4.07. The number of aryl methyl sites for hydroxylation is 1. The van der Waals surface area contributed by atoms with Gasteiger partial charge in [0.25, 0.3) is 0 Å². The minimum Gasteiger partial charge on any atom is -0.493 e. The van der Waals surface area contributed by atoms with E-state index in [1.807, 2.05) is 18.2 Å². The Bertz CT molecular complexity index is 954. The Morgan fingerprint density at radius 3 is 2.50 bits per heavy atom. The van der Waals surface area contributed by atoms with Crippen molar-refractivity contribution in [2.75, 3.05) is 0 Å². The number of rotatable bonds is 3. The van der Waals surface area contributed by atoms with E-state index in [-0.39, 0.29) is 11.6 Å². The fraction of sp³-hybridized carbons (Fsp3) is 0.167. The van der Waals surface area contributed by atoms with Crippen LogP contribution in [0.2, 0.25) is 0 Å². The summed E-state index contributed by atoms with van der Waals surface area (Å²) in [5, 5.41) is 9.95. The Morgan fingerprint density at radius 2 is 1.79 bits per heavy atom. The summed E-state index contributed by atoms with van der Waals surface area (Å²) in [4.78, 5) is 14.4. The zero-order valence-corrected chi connectivity index (χ0v) is 13.1. The van der Waals surface area contributed by atoms with Crippen LogP contribution in [-0.4, -0.2) is 14.7 Å². The van der Waals surface area contributed by atoms with Gasteiger partial charge in [0.2, 0.25) is 5.88 Å². The lowest BCUT2D eigenvalue weighted by atomic mass is 10.1. The van der Waals surface area contributed by atoms with Gasteiger partial charge in [-0.2, -0.15) is 0 Å². The summed E-state index contributed by atoms with van der Waals surface area (Å²) in [6, 6.07) is 12.8. The number of fused-ring (bicyclic) bond motifs is 1. The molecule has 2 aromatic carbocycles. The van der Waals surface area contributed by atoms with Gasteiger partial charge in [0.05, 0.1) is 24.6 Å². The first-order valence-electron chi connectivity index (χ1n) is 7.60. The normalized spacial score (nSPS) is 13.0. The highest BCUT2D eigenvalue weighted by Crippen LogP contribution is 2.28. The van der Waals surface area contributed by atoms with E-state index in [1.165, 1.54) is 10.1 Å². The van der Waals surface area contributed by atoms with Crippen molar-refractivity contribution in [2.45, 2.75) is 20.1 Å². The van der Waals surface area contributed by atoms with Gasteiger partial charge in [-0.05, 0) is 54.4 Å². The number of hydrogen-bond donors (Lipinski definition) is 2. The number of aromatic amines is 1. The molecule has 0 fully saturated rings. The fourth-order valence-corrected chi connectivity index (χ4v) is 2.79. The zero-order valence-electron chi connectivity index (χ0n) is 13.1. The van der Waals surface area contributed by atoms with E-state index >= 15 is 0 Å². The number of aromatic hydroxyl groups is 1. The molecule has 122 valence electrons. The van der Waals surface area contributed by atoms with E-state index in [1.54, 1.807) is 31.2 Å². The number of H-pyrrole nitrogens is 1. The third kappa shape index (κ3) is 2.47. The maximum atomic E-state index is 11.8. The highest BCUT2D eigenvalue weighted by atomic mass is 16.5. The summed E-state index contributed by atoms with van der Waals surface area (Å²) >= 11 is 0. The molecule has 24 heavy (non-hydrogen) atoms. The number of ether oxygens (including phenoxy) is 2. The molecule has 1 aromatic heterocycles. The summed E-state index contributed by atoms with van der Waals surface area (Å²) in [5.41, 5.74) is 2.95. The molecule has 4 rings (SSSR count). The number of hydrogen-bond acceptors (Lipinski definition) is 4. The standard InChI is InChI=1S/C18H16N2O4/c1-11-17(21)20(18(22)19-11)14-3-6-15(7-4-14)24-16-5-2-12-9-23-10-13(12)8-16/h2-8,21H,9-10H2,1H3,(H,19,22). The Labute approximate surface area is 137 Å². The van der Waals surface area contributed by atoms with Crippen molar-refractivity contribution in [2.24, 2.45) is 0 Å². The Kier molecular flexibility index (Phi) is 3.39. The van der Waals surface area contributed by atoms with Crippen LogP contribution in [-0.2, 0) is 18.0 Å². The SMILES string of the molecule is Cc1[nH]c(=O)n(-c2ccc(Oc3ccc4c(c3)COC4)cc2)c1O. The fourth-order valence-electron chi connectivity index (χ4n) is 2.79. The molecule has 0 amide bonds. The van der Waals surface area contributed by atoms with E-state index in [0.29, 0.717) is 30.3 Å². The topological polar surface area (TPSA) is 76.5 Å². The first kappa shape index (κ1) is 14.6. The van der Waals surface area contributed by atoms with Crippen LogP contribution in [0.1, 0.15) is 16.8 Å². The van der Waals surface area contributed by atoms with Gasteiger partial charge in [0.1, 0.15) is 11.5 Å². The summed E-state index contributed by atoms with van der Waals surface area (Å²) < 4.78 is 12.5. The molecule has 0 saturated carbocycles. The van der Waals surface area contributed by atoms with E-state index in [4.69, 9.17) is 9.47 Å². The van der Waals surface area contributed by atoms with Crippen LogP contribution in [0.25, 0.3) is 5.69 Å². The first-order valence-corrected chi connectivity index (χ1v) is 7.60. The molecular weight excluding hydrogens is 308 g/mol. The van der Waals surface area contributed by atoms with Gasteiger partial charge in [-0.15, -0.1) is 0 Å². The van der Waals surface area contributed by atoms with Crippen molar-refractivity contribution >= 4 is 0 Å². The second-order valence-corrected chi connectivity index (χ2v) is 5.73. The molecule has 2 N–H and O–H groups in total. The van der Waals surface area contributed by atoms with Gasteiger partial charge in [-0.3, -0.25) is 0 Å². The van der Waals surface area contributed by atoms with E-state index in [9.17, 15) is 9.90 Å². The van der Waals surface area contributed by atoms with Gasteiger partial charge < -0.3 is 19.6 Å². The predicted octanol–water partition coefficient (Wildman–Crippen LogP) is 3.00. The lowest BCUT2D eigenvalue weighted by molar-refractivity contribution is 0.134. The quantitative estimate of drug-likeness (QED) is 0.776. The van der Waals surface area contributed by atoms with Crippen LogP contribution < -0.4 is 10.4 Å². The largest absolute Gasteiger partial charge is 0.493 e. The maximum Gasteiger partial charge on any atom is 0.333 e. The van der Waals surface area contributed by atoms with E-state index in [2.05, 4.69) is 4.98 Å². The minimum absolute atomic E-state index is 0.0905. The van der Waals surface area contributed by atoms with Crippen LogP contribution in [0.15, 0.2) is 47.3 Å². The lowest BCUT2D eigenvalue weighted by Crippen LogP contribution is -2.14. The van der Waals surface area contributed by atoms with Crippen molar-refractivity contribution in [3.05, 3.63) is 69.8 Å². The van der Waals surface area contributed by atoms with Crippen LogP contribution in [0.4, 0.5) is 0 Å². The van der Waals surface area contributed by atoms with Crippen molar-refractivity contribution in [1.82, 2.24) is 9.55 Å². The highest BCUT2D eigenvalue weighted by molar-refractivity contribution is 5.43. The summed E-state index contributed by atoms with van der Waals surface area (Å²) in [6.07, 6.45) is 0. The van der Waals surface area contributed by atoms with Crippen molar-refractivity contribution in [3.63, 3.8) is 0 Å². The number of nitrogens with zero attached hydrogens (tertiary/aromatic N) is 1. The Morgan fingerprint density at radius 1 is 1.08 bits per heavy atom. The van der Waals surface area contributed by atoms with Crippen LogP contribution in [0, 0.1) is 6.92 Å². The van der Waals surface area contributed by atoms with Gasteiger partial charge in [-0.25, -0.2) is 9.36 Å². The van der Waals surface area contributed by atoms with Crippen LogP contribution in [0.3, 0.4) is 0 Å². The molecule has 2 heterocycles. The summed E-state index contributed by atoms with van der Waals surface area (Å²) in [7, 11) is 0. The van der Waals surface area contributed by atoms with E-state index in [0.717, 1.165) is 11.3 Å². The molecule has 0 radical (unpaired) electrons. The molecule has 1 aliphatic rings. The average Bonchev–Trinajstić information content (AvgIpc) is 3.13. The second-order valence-electron chi connectivity index (χ2n) is 5.73. The van der Waals surface area contributed by atoms with Gasteiger partial charge >= 0.3 is 5.69 Å². The van der Waals surface area contributed by atoms with Crippen LogP contribution >= 0.6 is 0 Å². The molecular formula is C18H16N2O4. The first-order chi connectivity index (χ1) is 11.6. The molecule has 1 aliphatic heterocycles. The number of nitrogens with one attached hydrogen (secondary N) is 1. The number of imidazole rings is 1. The second kappa shape index (κ2) is 5.58. The minimum atomic E-state index is -0.378. The Balaban J connectivity index is 1.59. The zero-order chi connectivity index (χ0) is 16.7. The average molecular weight is 324 g/mol. The lowest BCUT2D eigenvalue weighted by Gasteiger charge is -2.09. The molecule has 3 aromatic rings. The molecule has 0 bridgehead atoms. The van der Waals surface area contributed by atoms with Crippen molar-refractivity contribution in [3.8, 4) is 23.1 Å². The number of benzene rings is 2. The molecule has 6 nitrogen and oxygen atoms in total. The summed E-state index contributed by atoms with van der Waals surface area (Å²) in [5.74, 6) is 1.30. The smallest absolute Gasteiger partial charge is 0.333 e. The molecule has 6 heteroatoms. The van der Waals surface area contributed by atoms with Gasteiger partial charge in [0, 0.05) is 0 Å². The maximum absolute atomic E-state index is 11.8. The van der Waals surface area contributed by atoms with Crippen molar-refractivity contribution < 1.29 is 14.6 Å².